The number of carboxylic acids is 1. The molecule has 0 aliphatic heterocycles. The van der Waals surface area contributed by atoms with Crippen LogP contribution in [0.3, 0.4) is 0 Å². The fraction of sp³-hybridized carbons (Fsp3) is 0.800. The SMILES string of the molecule is C=C1[C@H](CC(=O)O)CCC[C@H]1O[Si](C)(C)C(C)(C)C. The van der Waals surface area contributed by atoms with E-state index >= 15 is 0 Å². The topological polar surface area (TPSA) is 46.5 Å². The molecular weight excluding hydrogens is 256 g/mol. The highest BCUT2D eigenvalue weighted by molar-refractivity contribution is 6.74. The fourth-order valence-corrected chi connectivity index (χ4v) is 3.63. The van der Waals surface area contributed by atoms with Gasteiger partial charge in [0.15, 0.2) is 8.32 Å². The normalized spacial score (nSPS) is 25.4. The third-order valence-electron chi connectivity index (χ3n) is 4.62. The lowest BCUT2D eigenvalue weighted by atomic mass is 9.81. The van der Waals surface area contributed by atoms with E-state index in [1.54, 1.807) is 0 Å². The van der Waals surface area contributed by atoms with Crippen LogP contribution in [0, 0.1) is 5.92 Å². The zero-order valence-electron chi connectivity index (χ0n) is 13.0. The molecule has 0 unspecified atom stereocenters. The third-order valence-corrected chi connectivity index (χ3v) is 9.11. The van der Waals surface area contributed by atoms with Gasteiger partial charge in [0.05, 0.1) is 12.5 Å². The maximum Gasteiger partial charge on any atom is 0.303 e. The van der Waals surface area contributed by atoms with Crippen LogP contribution in [-0.4, -0.2) is 25.5 Å². The molecule has 0 aromatic heterocycles. The minimum Gasteiger partial charge on any atom is -0.481 e. The Morgan fingerprint density at radius 3 is 2.47 bits per heavy atom. The maximum atomic E-state index is 10.9. The molecule has 0 radical (unpaired) electrons. The van der Waals surface area contributed by atoms with Crippen LogP contribution in [-0.2, 0) is 9.22 Å². The lowest BCUT2D eigenvalue weighted by Crippen LogP contribution is -2.45. The molecule has 19 heavy (non-hydrogen) atoms. The van der Waals surface area contributed by atoms with E-state index in [-0.39, 0.29) is 23.5 Å². The summed E-state index contributed by atoms with van der Waals surface area (Å²) in [5, 5.41) is 9.13. The van der Waals surface area contributed by atoms with Crippen molar-refractivity contribution in [3.8, 4) is 0 Å². The van der Waals surface area contributed by atoms with Gasteiger partial charge < -0.3 is 9.53 Å². The quantitative estimate of drug-likeness (QED) is 0.621. The molecule has 0 aromatic rings. The first-order valence-corrected chi connectivity index (χ1v) is 10.0. The van der Waals surface area contributed by atoms with Gasteiger partial charge in [-0.25, -0.2) is 0 Å². The van der Waals surface area contributed by atoms with Gasteiger partial charge in [0, 0.05) is 0 Å². The van der Waals surface area contributed by atoms with Gasteiger partial charge in [-0.2, -0.15) is 0 Å². The second-order valence-electron chi connectivity index (χ2n) is 7.17. The van der Waals surface area contributed by atoms with Crippen molar-refractivity contribution in [3.05, 3.63) is 12.2 Å². The number of carboxylic acid groups (broad SMARTS) is 1. The van der Waals surface area contributed by atoms with Crippen molar-refractivity contribution < 1.29 is 14.3 Å². The molecule has 110 valence electrons. The smallest absolute Gasteiger partial charge is 0.303 e. The number of hydrogen-bond acceptors (Lipinski definition) is 2. The minimum atomic E-state index is -1.81. The molecule has 1 aliphatic rings. The predicted octanol–water partition coefficient (Wildman–Crippen LogP) is 4.21. The first-order valence-electron chi connectivity index (χ1n) is 7.13. The van der Waals surface area contributed by atoms with E-state index in [4.69, 9.17) is 9.53 Å². The van der Waals surface area contributed by atoms with Gasteiger partial charge in [-0.3, -0.25) is 4.79 Å². The Morgan fingerprint density at radius 1 is 1.42 bits per heavy atom. The Kier molecular flexibility index (Phi) is 5.01. The van der Waals surface area contributed by atoms with Gasteiger partial charge in [-0.15, -0.1) is 0 Å². The average molecular weight is 284 g/mol. The highest BCUT2D eigenvalue weighted by Gasteiger charge is 2.41. The van der Waals surface area contributed by atoms with E-state index in [0.717, 1.165) is 24.8 Å². The lowest BCUT2D eigenvalue weighted by Gasteiger charge is -2.42. The first kappa shape index (κ1) is 16.4. The van der Waals surface area contributed by atoms with E-state index in [0.29, 0.717) is 0 Å². The van der Waals surface area contributed by atoms with Crippen molar-refractivity contribution in [1.29, 1.82) is 0 Å². The minimum absolute atomic E-state index is 0.0546. The molecule has 4 heteroatoms. The van der Waals surface area contributed by atoms with Gasteiger partial charge >= 0.3 is 5.97 Å². The number of hydrogen-bond donors (Lipinski definition) is 1. The second-order valence-corrected chi connectivity index (χ2v) is 11.9. The Balaban J connectivity index is 2.73. The molecular formula is C15H28O3Si. The highest BCUT2D eigenvalue weighted by Crippen LogP contribution is 2.41. The van der Waals surface area contributed by atoms with Crippen molar-refractivity contribution in [2.45, 2.75) is 70.7 Å². The molecule has 2 atom stereocenters. The zero-order valence-corrected chi connectivity index (χ0v) is 14.0. The summed E-state index contributed by atoms with van der Waals surface area (Å²) >= 11 is 0. The lowest BCUT2D eigenvalue weighted by molar-refractivity contribution is -0.138. The van der Waals surface area contributed by atoms with Crippen LogP contribution in [0.15, 0.2) is 12.2 Å². The molecule has 3 nitrogen and oxygen atoms in total. The Morgan fingerprint density at radius 2 is 2.00 bits per heavy atom. The van der Waals surface area contributed by atoms with E-state index in [2.05, 4.69) is 40.4 Å². The molecule has 1 N–H and O–H groups in total. The van der Waals surface area contributed by atoms with Crippen molar-refractivity contribution in [3.63, 3.8) is 0 Å². The van der Waals surface area contributed by atoms with E-state index < -0.39 is 14.3 Å². The fourth-order valence-electron chi connectivity index (χ4n) is 2.29. The third kappa shape index (κ3) is 4.18. The summed E-state index contributed by atoms with van der Waals surface area (Å²) < 4.78 is 6.41. The van der Waals surface area contributed by atoms with Crippen molar-refractivity contribution in [2.24, 2.45) is 5.92 Å². The van der Waals surface area contributed by atoms with E-state index in [1.165, 1.54) is 0 Å². The van der Waals surface area contributed by atoms with Crippen molar-refractivity contribution >= 4 is 14.3 Å². The number of rotatable bonds is 4. The summed E-state index contributed by atoms with van der Waals surface area (Å²) in [7, 11) is -1.81. The molecule has 0 spiro atoms. The molecule has 1 fully saturated rings. The Labute approximate surface area is 118 Å². The van der Waals surface area contributed by atoms with E-state index in [9.17, 15) is 4.79 Å². The standard InChI is InChI=1S/C15H28O3Si/c1-11-12(10-14(16)17)8-7-9-13(11)18-19(5,6)15(2,3)4/h12-13H,1,7-10H2,2-6H3,(H,16,17)/t12-,13+/m0/s1. The summed E-state index contributed by atoms with van der Waals surface area (Å²) in [5.41, 5.74) is 0.999. The van der Waals surface area contributed by atoms with Crippen LogP contribution in [0.4, 0.5) is 0 Å². The summed E-state index contributed by atoms with van der Waals surface area (Å²) in [6.07, 6.45) is 3.20. The Bertz CT molecular complexity index is 355. The summed E-state index contributed by atoms with van der Waals surface area (Å²) in [5.74, 6) is -0.653. The summed E-state index contributed by atoms with van der Waals surface area (Å²) in [6, 6.07) is 0. The molecule has 1 saturated carbocycles. The van der Waals surface area contributed by atoms with Crippen molar-refractivity contribution in [1.82, 2.24) is 0 Å². The van der Waals surface area contributed by atoms with Gasteiger partial charge in [0.2, 0.25) is 0 Å². The van der Waals surface area contributed by atoms with Gasteiger partial charge in [0.1, 0.15) is 0 Å². The van der Waals surface area contributed by atoms with E-state index in [1.807, 2.05) is 0 Å². The predicted molar refractivity (Wildman–Crippen MR) is 80.8 cm³/mol. The molecule has 0 heterocycles. The van der Waals surface area contributed by atoms with Crippen LogP contribution in [0.2, 0.25) is 18.1 Å². The highest BCUT2D eigenvalue weighted by atomic mass is 28.4. The van der Waals surface area contributed by atoms with Gasteiger partial charge in [-0.05, 0) is 48.9 Å². The second kappa shape index (κ2) is 5.79. The Hall–Kier alpha value is -0.613. The van der Waals surface area contributed by atoms with Crippen LogP contribution in [0.25, 0.3) is 0 Å². The van der Waals surface area contributed by atoms with Gasteiger partial charge in [-0.1, -0.05) is 27.4 Å². The number of aliphatic carboxylic acids is 1. The molecule has 0 amide bonds. The summed E-state index contributed by atoms with van der Waals surface area (Å²) in [6.45, 7) is 15.3. The zero-order chi connectivity index (χ0) is 14.8. The number of carbonyl (C=O) groups is 1. The average Bonchev–Trinajstić information content (AvgIpc) is 2.21. The van der Waals surface area contributed by atoms with Crippen LogP contribution >= 0.6 is 0 Å². The largest absolute Gasteiger partial charge is 0.481 e. The molecule has 0 aromatic carbocycles. The summed E-state index contributed by atoms with van der Waals surface area (Å²) in [4.78, 5) is 10.9. The molecule has 0 bridgehead atoms. The molecule has 0 saturated heterocycles. The first-order chi connectivity index (χ1) is 8.54. The van der Waals surface area contributed by atoms with Crippen LogP contribution in [0.1, 0.15) is 46.5 Å². The molecule has 1 rings (SSSR count). The van der Waals surface area contributed by atoms with Gasteiger partial charge in [0.25, 0.3) is 0 Å². The van der Waals surface area contributed by atoms with Crippen molar-refractivity contribution in [2.75, 3.05) is 0 Å². The molecule has 1 aliphatic carbocycles. The monoisotopic (exact) mass is 284 g/mol. The van der Waals surface area contributed by atoms with Crippen LogP contribution < -0.4 is 0 Å². The maximum absolute atomic E-state index is 10.9. The van der Waals surface area contributed by atoms with Crippen LogP contribution in [0.5, 0.6) is 0 Å².